The molecule has 0 saturated heterocycles. The minimum Gasteiger partial charge on any atom is -0.505 e. The fourth-order valence-corrected chi connectivity index (χ4v) is 1.22. The normalized spacial score (nSPS) is 10.7. The number of carboxylic acid groups (broad SMARTS) is 1. The Labute approximate surface area is 88.1 Å². The fourth-order valence-electron chi connectivity index (χ4n) is 1.01. The van der Waals surface area contributed by atoms with Crippen LogP contribution in [0, 0.1) is 0 Å². The van der Waals surface area contributed by atoms with Gasteiger partial charge in [-0.05, 0) is 0 Å². The average Bonchev–Trinajstić information content (AvgIpc) is 2.11. The van der Waals surface area contributed by atoms with E-state index in [1.54, 1.807) is 0 Å². The standard InChI is InChI=1S/C8H6ClF2NO3/c9-4-2-12-6(8(10)11)7(15)3(4)1-5(13)14/h2,8,15H,1H2,(H,13,14). The van der Waals surface area contributed by atoms with E-state index in [9.17, 15) is 18.7 Å². The number of aromatic hydroxyl groups is 1. The molecule has 2 N–H and O–H groups in total. The van der Waals surface area contributed by atoms with E-state index in [2.05, 4.69) is 4.98 Å². The Morgan fingerprint density at radius 1 is 1.60 bits per heavy atom. The largest absolute Gasteiger partial charge is 0.505 e. The summed E-state index contributed by atoms with van der Waals surface area (Å²) in [6, 6.07) is 0. The molecule has 0 unspecified atom stereocenters. The lowest BCUT2D eigenvalue weighted by atomic mass is 10.1. The molecule has 0 aliphatic heterocycles. The van der Waals surface area contributed by atoms with Gasteiger partial charge in [-0.2, -0.15) is 0 Å². The van der Waals surface area contributed by atoms with Crippen molar-refractivity contribution in [2.24, 2.45) is 0 Å². The number of nitrogens with zero attached hydrogens (tertiary/aromatic N) is 1. The molecule has 1 aromatic rings. The molecule has 4 nitrogen and oxygen atoms in total. The van der Waals surface area contributed by atoms with Gasteiger partial charge in [0.15, 0.2) is 0 Å². The zero-order chi connectivity index (χ0) is 11.6. The molecule has 0 bridgehead atoms. The van der Waals surface area contributed by atoms with Gasteiger partial charge in [0.25, 0.3) is 6.43 Å². The van der Waals surface area contributed by atoms with Crippen LogP contribution in [0.5, 0.6) is 5.75 Å². The van der Waals surface area contributed by atoms with Gasteiger partial charge in [-0.1, -0.05) is 11.6 Å². The summed E-state index contributed by atoms with van der Waals surface area (Å²) in [6.07, 6.45) is -2.72. The van der Waals surface area contributed by atoms with E-state index in [-0.39, 0.29) is 10.6 Å². The molecule has 0 amide bonds. The number of hydrogen-bond acceptors (Lipinski definition) is 3. The van der Waals surface area contributed by atoms with Crippen molar-refractivity contribution in [1.29, 1.82) is 0 Å². The van der Waals surface area contributed by atoms with Gasteiger partial charge in [0, 0.05) is 11.8 Å². The summed E-state index contributed by atoms with van der Waals surface area (Å²) in [6.45, 7) is 0. The molecule has 0 fully saturated rings. The van der Waals surface area contributed by atoms with Crippen LogP contribution in [-0.4, -0.2) is 21.2 Å². The minimum atomic E-state index is -2.98. The molecular formula is C8H6ClF2NO3. The molecule has 0 saturated carbocycles. The Morgan fingerprint density at radius 3 is 2.67 bits per heavy atom. The van der Waals surface area contributed by atoms with Crippen LogP contribution in [0.15, 0.2) is 6.20 Å². The van der Waals surface area contributed by atoms with E-state index in [1.807, 2.05) is 0 Å². The second kappa shape index (κ2) is 4.39. The maximum Gasteiger partial charge on any atom is 0.308 e. The number of aliphatic carboxylic acids is 1. The predicted molar refractivity (Wildman–Crippen MR) is 47.2 cm³/mol. The smallest absolute Gasteiger partial charge is 0.308 e. The first-order valence-electron chi connectivity index (χ1n) is 3.79. The van der Waals surface area contributed by atoms with Crippen molar-refractivity contribution in [2.45, 2.75) is 12.8 Å². The molecular weight excluding hydrogens is 232 g/mol. The van der Waals surface area contributed by atoms with E-state index in [0.29, 0.717) is 0 Å². The number of carbonyl (C=O) groups is 1. The summed E-state index contributed by atoms with van der Waals surface area (Å²) in [7, 11) is 0. The first-order chi connectivity index (χ1) is 6.93. The Bertz CT molecular complexity index is 398. The number of pyridine rings is 1. The third kappa shape index (κ3) is 2.53. The van der Waals surface area contributed by atoms with Crippen molar-refractivity contribution in [3.05, 3.63) is 22.5 Å². The summed E-state index contributed by atoms with van der Waals surface area (Å²) >= 11 is 5.52. The van der Waals surface area contributed by atoms with E-state index in [1.165, 1.54) is 0 Å². The zero-order valence-corrected chi connectivity index (χ0v) is 8.00. The average molecular weight is 238 g/mol. The highest BCUT2D eigenvalue weighted by Gasteiger charge is 2.21. The summed E-state index contributed by atoms with van der Waals surface area (Å²) in [5.74, 6) is -2.14. The Kier molecular flexibility index (Phi) is 3.41. The molecule has 1 heterocycles. The molecule has 15 heavy (non-hydrogen) atoms. The third-order valence-corrected chi connectivity index (χ3v) is 1.99. The number of hydrogen-bond donors (Lipinski definition) is 2. The molecule has 0 radical (unpaired) electrons. The Balaban J connectivity index is 3.23. The lowest BCUT2D eigenvalue weighted by Crippen LogP contribution is -2.04. The highest BCUT2D eigenvalue weighted by Crippen LogP contribution is 2.33. The van der Waals surface area contributed by atoms with Gasteiger partial charge in [0.2, 0.25) is 0 Å². The van der Waals surface area contributed by atoms with Gasteiger partial charge in [-0.3, -0.25) is 4.79 Å². The van der Waals surface area contributed by atoms with Crippen LogP contribution in [0.4, 0.5) is 8.78 Å². The van der Waals surface area contributed by atoms with Crippen molar-refractivity contribution >= 4 is 17.6 Å². The minimum absolute atomic E-state index is 0.153. The van der Waals surface area contributed by atoms with Gasteiger partial charge < -0.3 is 10.2 Å². The van der Waals surface area contributed by atoms with Crippen LogP contribution in [0.25, 0.3) is 0 Å². The van der Waals surface area contributed by atoms with Crippen LogP contribution in [0.2, 0.25) is 5.02 Å². The number of aromatic nitrogens is 1. The Morgan fingerprint density at radius 2 is 2.20 bits per heavy atom. The van der Waals surface area contributed by atoms with Crippen molar-refractivity contribution in [2.75, 3.05) is 0 Å². The molecule has 0 aromatic carbocycles. The van der Waals surface area contributed by atoms with Crippen molar-refractivity contribution in [3.63, 3.8) is 0 Å². The van der Waals surface area contributed by atoms with E-state index in [0.717, 1.165) is 6.20 Å². The van der Waals surface area contributed by atoms with Crippen LogP contribution in [-0.2, 0) is 11.2 Å². The van der Waals surface area contributed by atoms with E-state index >= 15 is 0 Å². The topological polar surface area (TPSA) is 70.4 Å². The molecule has 0 aliphatic rings. The van der Waals surface area contributed by atoms with Gasteiger partial charge in [0.1, 0.15) is 11.4 Å². The summed E-state index contributed by atoms with van der Waals surface area (Å²) in [5, 5.41) is 17.6. The highest BCUT2D eigenvalue weighted by atomic mass is 35.5. The van der Waals surface area contributed by atoms with Crippen LogP contribution >= 0.6 is 11.6 Å². The SMILES string of the molecule is O=C(O)Cc1c(Cl)cnc(C(F)F)c1O. The quantitative estimate of drug-likeness (QED) is 0.844. The third-order valence-electron chi connectivity index (χ3n) is 1.67. The fraction of sp³-hybridized carbons (Fsp3) is 0.250. The van der Waals surface area contributed by atoms with Crippen LogP contribution in [0.1, 0.15) is 17.7 Å². The number of carboxylic acids is 1. The maximum atomic E-state index is 12.3. The van der Waals surface area contributed by atoms with Crippen molar-refractivity contribution in [3.8, 4) is 5.75 Å². The first kappa shape index (κ1) is 11.6. The van der Waals surface area contributed by atoms with Gasteiger partial charge in [-0.15, -0.1) is 0 Å². The second-order valence-electron chi connectivity index (χ2n) is 2.69. The molecule has 0 atom stereocenters. The lowest BCUT2D eigenvalue weighted by molar-refractivity contribution is -0.136. The highest BCUT2D eigenvalue weighted by molar-refractivity contribution is 6.31. The predicted octanol–water partition coefficient (Wildman–Crippen LogP) is 2.01. The number of halogens is 3. The van der Waals surface area contributed by atoms with Crippen LogP contribution < -0.4 is 0 Å². The van der Waals surface area contributed by atoms with E-state index in [4.69, 9.17) is 16.7 Å². The van der Waals surface area contributed by atoms with Crippen LogP contribution in [0.3, 0.4) is 0 Å². The molecule has 7 heteroatoms. The van der Waals surface area contributed by atoms with Crippen molar-refractivity contribution in [1.82, 2.24) is 4.98 Å². The molecule has 0 spiro atoms. The maximum absolute atomic E-state index is 12.3. The number of alkyl halides is 2. The van der Waals surface area contributed by atoms with E-state index < -0.39 is 30.3 Å². The van der Waals surface area contributed by atoms with Gasteiger partial charge >= 0.3 is 5.97 Å². The van der Waals surface area contributed by atoms with Gasteiger partial charge in [0.05, 0.1) is 11.4 Å². The lowest BCUT2D eigenvalue weighted by Gasteiger charge is -2.08. The molecule has 82 valence electrons. The summed E-state index contributed by atoms with van der Waals surface area (Å²) < 4.78 is 24.5. The summed E-state index contributed by atoms with van der Waals surface area (Å²) in [5.41, 5.74) is -1.12. The molecule has 1 aromatic heterocycles. The monoisotopic (exact) mass is 237 g/mol. The first-order valence-corrected chi connectivity index (χ1v) is 4.17. The number of rotatable bonds is 3. The molecule has 1 rings (SSSR count). The second-order valence-corrected chi connectivity index (χ2v) is 3.10. The summed E-state index contributed by atoms with van der Waals surface area (Å²) in [4.78, 5) is 13.6. The Hall–Kier alpha value is -1.43. The van der Waals surface area contributed by atoms with Gasteiger partial charge in [-0.25, -0.2) is 13.8 Å². The van der Waals surface area contributed by atoms with Crippen molar-refractivity contribution < 1.29 is 23.8 Å². The zero-order valence-electron chi connectivity index (χ0n) is 7.25. The molecule has 0 aliphatic carbocycles.